The number of β-amino-alcohol motifs (C(OH)–C–C–N with tert-alkyl or cyclic N) is 1. The molecule has 1 amide bonds. The summed E-state index contributed by atoms with van der Waals surface area (Å²) in [6, 6.07) is 10.3. The van der Waals surface area contributed by atoms with Gasteiger partial charge < -0.3 is 20.1 Å². The fourth-order valence-corrected chi connectivity index (χ4v) is 3.45. The summed E-state index contributed by atoms with van der Waals surface area (Å²) in [7, 11) is 1.19. The number of nitrogens with one attached hydrogen (secondary N) is 1. The lowest BCUT2D eigenvalue weighted by Crippen LogP contribution is -2.31. The molecule has 0 saturated heterocycles. The Hall–Kier alpha value is -3.04. The van der Waals surface area contributed by atoms with Gasteiger partial charge in [-0.05, 0) is 30.3 Å². The Morgan fingerprint density at radius 2 is 1.97 bits per heavy atom. The molecule has 2 N–H and O–H groups in total. The quantitative estimate of drug-likeness (QED) is 0.470. The Kier molecular flexibility index (Phi) is 6.63. The van der Waals surface area contributed by atoms with Crippen LogP contribution in [0.1, 0.15) is 15.9 Å². The molecule has 1 aliphatic heterocycles. The minimum Gasteiger partial charge on any atom is -0.466 e. The lowest BCUT2D eigenvalue weighted by molar-refractivity contribution is -0.136. The number of benzene rings is 2. The van der Waals surface area contributed by atoms with Gasteiger partial charge in [-0.3, -0.25) is 9.59 Å². The van der Waals surface area contributed by atoms with Gasteiger partial charge in [-0.15, -0.1) is 0 Å². The molecule has 0 aromatic heterocycles. The molecule has 7 nitrogen and oxygen atoms in total. The van der Waals surface area contributed by atoms with E-state index in [-0.39, 0.29) is 47.8 Å². The maximum atomic E-state index is 14.2. The van der Waals surface area contributed by atoms with Crippen molar-refractivity contribution in [3.05, 3.63) is 75.2 Å². The summed E-state index contributed by atoms with van der Waals surface area (Å²) in [5.41, 5.74) is 0.227. The third-order valence-electron chi connectivity index (χ3n) is 4.56. The van der Waals surface area contributed by atoms with Crippen LogP contribution in [0.5, 0.6) is 0 Å². The van der Waals surface area contributed by atoms with Gasteiger partial charge in [-0.2, -0.15) is 0 Å². The highest BCUT2D eigenvalue weighted by Gasteiger charge is 2.35. The van der Waals surface area contributed by atoms with Crippen molar-refractivity contribution in [1.29, 1.82) is 0 Å². The molecule has 156 valence electrons. The van der Waals surface area contributed by atoms with Crippen LogP contribution in [0.4, 0.5) is 10.1 Å². The molecule has 0 bridgehead atoms. The van der Waals surface area contributed by atoms with Crippen molar-refractivity contribution in [1.82, 2.24) is 4.90 Å². The molecular formula is C21H18BrFN2O5. The average molecular weight is 477 g/mol. The fraction of sp³-hybridized carbons (Fsp3) is 0.190. The third-order valence-corrected chi connectivity index (χ3v) is 5.05. The zero-order valence-corrected chi connectivity index (χ0v) is 17.5. The van der Waals surface area contributed by atoms with Crippen LogP contribution in [0.3, 0.4) is 0 Å². The Bertz CT molecular complexity index is 1050. The number of esters is 1. The molecule has 0 spiro atoms. The predicted octanol–water partition coefficient (Wildman–Crippen LogP) is 2.49. The van der Waals surface area contributed by atoms with Gasteiger partial charge in [0.05, 0.1) is 31.4 Å². The molecule has 3 rings (SSSR count). The monoisotopic (exact) mass is 476 g/mol. The average Bonchev–Trinajstić information content (AvgIpc) is 3.04. The van der Waals surface area contributed by atoms with Crippen LogP contribution in [-0.2, 0) is 14.3 Å². The highest BCUT2D eigenvalue weighted by atomic mass is 79.9. The second-order valence-corrected chi connectivity index (χ2v) is 7.34. The van der Waals surface area contributed by atoms with E-state index in [1.165, 1.54) is 36.3 Å². The van der Waals surface area contributed by atoms with Crippen LogP contribution in [-0.4, -0.2) is 54.5 Å². The van der Waals surface area contributed by atoms with E-state index in [9.17, 15) is 18.8 Å². The summed E-state index contributed by atoms with van der Waals surface area (Å²) in [4.78, 5) is 39.2. The Balaban J connectivity index is 2.04. The van der Waals surface area contributed by atoms with Crippen LogP contribution < -0.4 is 5.32 Å². The van der Waals surface area contributed by atoms with Crippen LogP contribution in [0.25, 0.3) is 0 Å². The predicted molar refractivity (Wildman–Crippen MR) is 110 cm³/mol. The second-order valence-electron chi connectivity index (χ2n) is 6.42. The number of hydrogen-bond donors (Lipinski definition) is 2. The second kappa shape index (κ2) is 9.19. The number of amides is 1. The first kappa shape index (κ1) is 21.7. The number of ether oxygens (including phenoxy) is 1. The van der Waals surface area contributed by atoms with Crippen LogP contribution in [0.2, 0.25) is 0 Å². The van der Waals surface area contributed by atoms with Gasteiger partial charge in [-0.1, -0.05) is 28.1 Å². The lowest BCUT2D eigenvalue weighted by Gasteiger charge is -2.16. The molecule has 1 aliphatic rings. The summed E-state index contributed by atoms with van der Waals surface area (Å²) in [6.45, 7) is -0.282. The standard InChI is InChI=1S/C21H18BrFN2O5/c1-30-21(29)15-11-25(8-9-26)20(28)18(15)24-17-7-6-12(22)10-14(17)19(27)13-4-2-3-5-16(13)23/h2-7,10,24,26H,8-9,11H2,1H3. The number of rotatable bonds is 7. The highest BCUT2D eigenvalue weighted by molar-refractivity contribution is 9.10. The third kappa shape index (κ3) is 4.27. The molecule has 2 aromatic carbocycles. The highest BCUT2D eigenvalue weighted by Crippen LogP contribution is 2.29. The number of nitrogens with zero attached hydrogens (tertiary/aromatic N) is 1. The van der Waals surface area contributed by atoms with Crippen molar-refractivity contribution < 1.29 is 28.6 Å². The molecule has 2 aromatic rings. The van der Waals surface area contributed by atoms with E-state index in [4.69, 9.17) is 9.84 Å². The lowest BCUT2D eigenvalue weighted by atomic mass is 10.0. The van der Waals surface area contributed by atoms with Crippen molar-refractivity contribution in [3.8, 4) is 0 Å². The number of anilines is 1. The van der Waals surface area contributed by atoms with Crippen LogP contribution in [0.15, 0.2) is 58.2 Å². The van der Waals surface area contributed by atoms with Gasteiger partial charge in [0.25, 0.3) is 5.91 Å². The van der Waals surface area contributed by atoms with Crippen molar-refractivity contribution in [2.24, 2.45) is 0 Å². The number of halogens is 2. The molecular weight excluding hydrogens is 459 g/mol. The largest absolute Gasteiger partial charge is 0.466 e. The Morgan fingerprint density at radius 1 is 1.23 bits per heavy atom. The minimum atomic E-state index is -0.703. The van der Waals surface area contributed by atoms with E-state index in [0.29, 0.717) is 4.47 Å². The van der Waals surface area contributed by atoms with E-state index in [0.717, 1.165) is 0 Å². The van der Waals surface area contributed by atoms with E-state index < -0.39 is 23.5 Å². The molecule has 30 heavy (non-hydrogen) atoms. The molecule has 0 unspecified atom stereocenters. The van der Waals surface area contributed by atoms with Gasteiger partial charge in [0.2, 0.25) is 0 Å². The van der Waals surface area contributed by atoms with Gasteiger partial charge in [-0.25, -0.2) is 9.18 Å². The van der Waals surface area contributed by atoms with Gasteiger partial charge in [0, 0.05) is 22.3 Å². The van der Waals surface area contributed by atoms with Crippen molar-refractivity contribution in [2.75, 3.05) is 32.1 Å². The number of ketones is 1. The fourth-order valence-electron chi connectivity index (χ4n) is 3.09. The molecule has 1 heterocycles. The number of hydrogen-bond acceptors (Lipinski definition) is 6. The first-order valence-corrected chi connectivity index (χ1v) is 9.74. The number of methoxy groups -OCH3 is 1. The van der Waals surface area contributed by atoms with Crippen LogP contribution in [0, 0.1) is 5.82 Å². The molecule has 0 atom stereocenters. The topological polar surface area (TPSA) is 95.9 Å². The number of carbonyl (C=O) groups excluding carboxylic acids is 3. The van der Waals surface area contributed by atoms with Gasteiger partial charge in [0.1, 0.15) is 11.5 Å². The van der Waals surface area contributed by atoms with Crippen LogP contribution >= 0.6 is 15.9 Å². The van der Waals surface area contributed by atoms with Gasteiger partial charge >= 0.3 is 5.97 Å². The summed E-state index contributed by atoms with van der Waals surface area (Å²) < 4.78 is 19.5. The van der Waals surface area contributed by atoms with Crippen molar-refractivity contribution >= 4 is 39.3 Å². The maximum absolute atomic E-state index is 14.2. The summed E-state index contributed by atoms with van der Waals surface area (Å²) in [5.74, 6) is -2.48. The molecule has 0 aliphatic carbocycles. The van der Waals surface area contributed by atoms with Gasteiger partial charge in [0.15, 0.2) is 5.78 Å². The Morgan fingerprint density at radius 3 is 2.63 bits per heavy atom. The first-order chi connectivity index (χ1) is 14.4. The summed E-state index contributed by atoms with van der Waals surface area (Å²) >= 11 is 3.29. The summed E-state index contributed by atoms with van der Waals surface area (Å²) in [5, 5.41) is 12.0. The molecule has 9 heteroatoms. The van der Waals surface area contributed by atoms with E-state index in [2.05, 4.69) is 21.2 Å². The smallest absolute Gasteiger partial charge is 0.337 e. The molecule has 0 radical (unpaired) electrons. The maximum Gasteiger partial charge on any atom is 0.337 e. The van der Waals surface area contributed by atoms with Crippen molar-refractivity contribution in [2.45, 2.75) is 0 Å². The summed E-state index contributed by atoms with van der Waals surface area (Å²) in [6.07, 6.45) is 0. The normalized spacial score (nSPS) is 13.6. The molecule has 0 saturated carbocycles. The number of aliphatic hydroxyl groups is 1. The van der Waals surface area contributed by atoms with E-state index in [1.54, 1.807) is 18.2 Å². The first-order valence-electron chi connectivity index (χ1n) is 8.94. The van der Waals surface area contributed by atoms with E-state index in [1.807, 2.05) is 0 Å². The SMILES string of the molecule is COC(=O)C1=C(Nc2ccc(Br)cc2C(=O)c2ccccc2F)C(=O)N(CCO)C1. The van der Waals surface area contributed by atoms with Crippen molar-refractivity contribution in [3.63, 3.8) is 0 Å². The zero-order chi connectivity index (χ0) is 21.8. The number of aliphatic hydroxyl groups excluding tert-OH is 1. The molecule has 0 fully saturated rings. The zero-order valence-electron chi connectivity index (χ0n) is 15.9. The Labute approximate surface area is 180 Å². The minimum absolute atomic E-state index is 0.0336. The van der Waals surface area contributed by atoms with E-state index >= 15 is 0 Å². The number of carbonyl (C=O) groups is 3.